The quantitative estimate of drug-likeness (QED) is 0.752. The van der Waals surface area contributed by atoms with E-state index in [2.05, 4.69) is 5.32 Å². The van der Waals surface area contributed by atoms with Crippen molar-refractivity contribution in [1.29, 1.82) is 0 Å². The van der Waals surface area contributed by atoms with Gasteiger partial charge in [0.15, 0.2) is 0 Å². The molecule has 0 saturated carbocycles. The van der Waals surface area contributed by atoms with Crippen molar-refractivity contribution in [1.82, 2.24) is 5.32 Å². The fourth-order valence-corrected chi connectivity index (χ4v) is 2.07. The van der Waals surface area contributed by atoms with Crippen LogP contribution >= 0.6 is 23.4 Å². The van der Waals surface area contributed by atoms with Crippen molar-refractivity contribution in [3.05, 3.63) is 28.8 Å². The fourth-order valence-electron chi connectivity index (χ4n) is 1.34. The Morgan fingerprint density at radius 1 is 1.47 bits per heavy atom. The number of carboxylic acid groups (broad SMARTS) is 1. The molecule has 1 aromatic carbocycles. The largest absolute Gasteiger partial charge is 0.496 e. The first-order valence-electron chi connectivity index (χ1n) is 5.46. The highest BCUT2D eigenvalue weighted by Crippen LogP contribution is 2.22. The van der Waals surface area contributed by atoms with Gasteiger partial charge in [-0.2, -0.15) is 0 Å². The van der Waals surface area contributed by atoms with Gasteiger partial charge < -0.3 is 15.2 Å². The van der Waals surface area contributed by atoms with E-state index in [1.807, 2.05) is 0 Å². The van der Waals surface area contributed by atoms with E-state index in [4.69, 9.17) is 21.4 Å². The maximum Gasteiger partial charge on any atom is 0.313 e. The van der Waals surface area contributed by atoms with Gasteiger partial charge in [0.1, 0.15) is 5.75 Å². The summed E-state index contributed by atoms with van der Waals surface area (Å²) in [6.07, 6.45) is 0. The van der Waals surface area contributed by atoms with E-state index in [1.54, 1.807) is 18.2 Å². The summed E-state index contributed by atoms with van der Waals surface area (Å²) >= 11 is 7.05. The zero-order valence-corrected chi connectivity index (χ0v) is 11.9. The van der Waals surface area contributed by atoms with Gasteiger partial charge >= 0.3 is 5.97 Å². The van der Waals surface area contributed by atoms with Crippen LogP contribution in [0.4, 0.5) is 0 Å². The van der Waals surface area contributed by atoms with Crippen LogP contribution in [0.25, 0.3) is 0 Å². The molecule has 0 aromatic heterocycles. The lowest BCUT2D eigenvalue weighted by Gasteiger charge is -2.09. The Bertz CT molecular complexity index is 467. The van der Waals surface area contributed by atoms with Gasteiger partial charge in [0.2, 0.25) is 0 Å². The predicted octanol–water partition coefficient (Wildman–Crippen LogP) is 1.90. The van der Waals surface area contributed by atoms with Gasteiger partial charge in [0.25, 0.3) is 5.91 Å². The molecule has 0 aliphatic heterocycles. The van der Waals surface area contributed by atoms with Gasteiger partial charge in [-0.25, -0.2) is 0 Å². The Morgan fingerprint density at radius 2 is 2.21 bits per heavy atom. The number of amides is 1. The van der Waals surface area contributed by atoms with Crippen molar-refractivity contribution in [3.63, 3.8) is 0 Å². The molecule has 0 aliphatic carbocycles. The Kier molecular flexibility index (Phi) is 6.52. The van der Waals surface area contributed by atoms with Crippen molar-refractivity contribution in [2.75, 3.05) is 25.2 Å². The number of benzene rings is 1. The number of hydrogen-bond acceptors (Lipinski definition) is 4. The van der Waals surface area contributed by atoms with E-state index >= 15 is 0 Å². The molecule has 1 rings (SSSR count). The Hall–Kier alpha value is -1.40. The van der Waals surface area contributed by atoms with Gasteiger partial charge in [-0.05, 0) is 18.2 Å². The van der Waals surface area contributed by atoms with Crippen molar-refractivity contribution < 1.29 is 19.4 Å². The van der Waals surface area contributed by atoms with E-state index in [9.17, 15) is 9.59 Å². The minimum Gasteiger partial charge on any atom is -0.496 e. The van der Waals surface area contributed by atoms with E-state index in [0.29, 0.717) is 28.6 Å². The topological polar surface area (TPSA) is 75.6 Å². The van der Waals surface area contributed by atoms with Crippen LogP contribution in [0.2, 0.25) is 5.02 Å². The van der Waals surface area contributed by atoms with Crippen LogP contribution in [0.5, 0.6) is 5.75 Å². The van der Waals surface area contributed by atoms with Crippen molar-refractivity contribution in [2.24, 2.45) is 0 Å². The zero-order valence-electron chi connectivity index (χ0n) is 10.3. The molecule has 5 nitrogen and oxygen atoms in total. The number of ether oxygens (including phenoxy) is 1. The third-order valence-electron chi connectivity index (χ3n) is 2.17. The maximum absolute atomic E-state index is 11.9. The molecule has 1 aromatic rings. The van der Waals surface area contributed by atoms with Gasteiger partial charge in [0, 0.05) is 17.3 Å². The van der Waals surface area contributed by atoms with E-state index in [1.165, 1.54) is 18.9 Å². The zero-order chi connectivity index (χ0) is 14.3. The van der Waals surface area contributed by atoms with Crippen molar-refractivity contribution in [3.8, 4) is 5.75 Å². The third-order valence-corrected chi connectivity index (χ3v) is 3.34. The molecule has 0 unspecified atom stereocenters. The molecule has 7 heteroatoms. The lowest BCUT2D eigenvalue weighted by molar-refractivity contribution is -0.133. The fraction of sp³-hybridized carbons (Fsp3) is 0.333. The number of aliphatic carboxylic acids is 1. The summed E-state index contributed by atoms with van der Waals surface area (Å²) in [6, 6.07) is 4.76. The molecule has 0 bridgehead atoms. The number of hydrogen-bond donors (Lipinski definition) is 2. The second-order valence-corrected chi connectivity index (χ2v) is 5.09. The standard InChI is InChI=1S/C12H14ClNO4S/c1-18-10-6-8(13)2-3-9(10)12(17)14-4-5-19-7-11(15)16/h2-3,6H,4-5,7H2,1H3,(H,14,17)(H,15,16). The highest BCUT2D eigenvalue weighted by molar-refractivity contribution is 7.99. The molecule has 0 spiro atoms. The molecule has 104 valence electrons. The molecule has 0 heterocycles. The highest BCUT2D eigenvalue weighted by Gasteiger charge is 2.11. The minimum atomic E-state index is -0.865. The summed E-state index contributed by atoms with van der Waals surface area (Å²) in [5.41, 5.74) is 0.398. The second-order valence-electron chi connectivity index (χ2n) is 3.55. The van der Waals surface area contributed by atoms with Crippen LogP contribution in [0.1, 0.15) is 10.4 Å². The molecular weight excluding hydrogens is 290 g/mol. The minimum absolute atomic E-state index is 0.0279. The number of carbonyl (C=O) groups excluding carboxylic acids is 1. The van der Waals surface area contributed by atoms with Crippen LogP contribution in [-0.4, -0.2) is 42.1 Å². The second kappa shape index (κ2) is 7.91. The summed E-state index contributed by atoms with van der Waals surface area (Å²) in [5.74, 6) is -0.169. The van der Waals surface area contributed by atoms with Crippen LogP contribution in [0, 0.1) is 0 Å². The smallest absolute Gasteiger partial charge is 0.313 e. The Morgan fingerprint density at radius 3 is 2.84 bits per heavy atom. The monoisotopic (exact) mass is 303 g/mol. The Labute approximate surface area is 120 Å². The van der Waals surface area contributed by atoms with Gasteiger partial charge in [0.05, 0.1) is 18.4 Å². The average Bonchev–Trinajstić information content (AvgIpc) is 2.37. The van der Waals surface area contributed by atoms with Crippen LogP contribution in [0.15, 0.2) is 18.2 Å². The molecule has 0 aliphatic rings. The van der Waals surface area contributed by atoms with Crippen LogP contribution in [-0.2, 0) is 4.79 Å². The molecule has 0 radical (unpaired) electrons. The van der Waals surface area contributed by atoms with Gasteiger partial charge in [-0.1, -0.05) is 11.6 Å². The first-order chi connectivity index (χ1) is 9.04. The van der Waals surface area contributed by atoms with Gasteiger partial charge in [-0.3, -0.25) is 9.59 Å². The van der Waals surface area contributed by atoms with Crippen molar-refractivity contribution in [2.45, 2.75) is 0 Å². The maximum atomic E-state index is 11.9. The number of halogens is 1. The SMILES string of the molecule is COc1cc(Cl)ccc1C(=O)NCCSCC(=O)O. The molecule has 0 atom stereocenters. The van der Waals surface area contributed by atoms with Crippen LogP contribution < -0.4 is 10.1 Å². The summed E-state index contributed by atoms with van der Waals surface area (Å²) in [5, 5.41) is 11.6. The first-order valence-corrected chi connectivity index (χ1v) is 6.99. The van der Waals surface area contributed by atoms with Crippen molar-refractivity contribution >= 4 is 35.2 Å². The summed E-state index contributed by atoms with van der Waals surface area (Å²) < 4.78 is 5.08. The molecule has 0 saturated heterocycles. The molecule has 1 amide bonds. The lowest BCUT2D eigenvalue weighted by Crippen LogP contribution is -2.26. The molecule has 2 N–H and O–H groups in total. The number of carbonyl (C=O) groups is 2. The summed E-state index contributed by atoms with van der Waals surface area (Å²) in [4.78, 5) is 22.2. The number of thioether (sulfide) groups is 1. The molecular formula is C12H14ClNO4S. The van der Waals surface area contributed by atoms with Crippen LogP contribution in [0.3, 0.4) is 0 Å². The molecule has 19 heavy (non-hydrogen) atoms. The number of carboxylic acids is 1. The first kappa shape index (κ1) is 15.7. The predicted molar refractivity (Wildman–Crippen MR) is 75.3 cm³/mol. The van der Waals surface area contributed by atoms with E-state index in [-0.39, 0.29) is 11.7 Å². The van der Waals surface area contributed by atoms with E-state index in [0.717, 1.165) is 0 Å². The summed E-state index contributed by atoms with van der Waals surface area (Å²) in [6.45, 7) is 0.391. The Balaban J connectivity index is 2.47. The third kappa shape index (κ3) is 5.40. The summed E-state index contributed by atoms with van der Waals surface area (Å²) in [7, 11) is 1.46. The lowest BCUT2D eigenvalue weighted by atomic mass is 10.2. The highest BCUT2D eigenvalue weighted by atomic mass is 35.5. The average molecular weight is 304 g/mol. The molecule has 0 fully saturated rings. The normalized spacial score (nSPS) is 10.0. The van der Waals surface area contributed by atoms with E-state index < -0.39 is 5.97 Å². The number of rotatable bonds is 7. The number of nitrogens with one attached hydrogen (secondary N) is 1. The number of methoxy groups -OCH3 is 1. The van der Waals surface area contributed by atoms with Gasteiger partial charge in [-0.15, -0.1) is 11.8 Å².